The summed E-state index contributed by atoms with van der Waals surface area (Å²) in [6.45, 7) is 7.10. The smallest absolute Gasteiger partial charge is 0.323 e. The highest BCUT2D eigenvalue weighted by Gasteiger charge is 2.46. The van der Waals surface area contributed by atoms with Crippen molar-refractivity contribution >= 4 is 11.9 Å². The highest BCUT2D eigenvalue weighted by Crippen LogP contribution is 2.46. The zero-order valence-corrected chi connectivity index (χ0v) is 11.4. The zero-order chi connectivity index (χ0) is 13.2. The number of hydrogen-bond donors (Lipinski definition) is 2. The van der Waals surface area contributed by atoms with E-state index in [2.05, 4.69) is 39.4 Å². The monoisotopic (exact) mass is 251 g/mol. The predicted molar refractivity (Wildman–Crippen MR) is 71.0 cm³/mol. The average molecular weight is 251 g/mol. The van der Waals surface area contributed by atoms with Crippen molar-refractivity contribution in [2.45, 2.75) is 39.7 Å². The van der Waals surface area contributed by atoms with Crippen molar-refractivity contribution in [3.8, 4) is 6.01 Å². The number of nitrogens with one attached hydrogen (secondary N) is 2. The molecule has 0 bridgehead atoms. The molecule has 0 aliphatic heterocycles. The fraction of sp³-hybridized carbons (Fsp3) is 0.750. The Kier molecular flexibility index (Phi) is 3.54. The number of aromatic nitrogens is 3. The van der Waals surface area contributed by atoms with Gasteiger partial charge in [0.25, 0.3) is 0 Å². The molecule has 1 heterocycles. The Morgan fingerprint density at radius 2 is 1.94 bits per heavy atom. The Morgan fingerprint density at radius 1 is 1.28 bits per heavy atom. The van der Waals surface area contributed by atoms with Gasteiger partial charge in [-0.15, -0.1) is 0 Å². The minimum atomic E-state index is 0.330. The lowest BCUT2D eigenvalue weighted by molar-refractivity contribution is 0.292. The molecule has 18 heavy (non-hydrogen) atoms. The van der Waals surface area contributed by atoms with Crippen LogP contribution >= 0.6 is 0 Å². The summed E-state index contributed by atoms with van der Waals surface area (Å²) >= 11 is 0. The highest BCUT2D eigenvalue weighted by atomic mass is 16.5. The maximum atomic E-state index is 5.45. The fourth-order valence-corrected chi connectivity index (χ4v) is 1.66. The third-order valence-corrected chi connectivity index (χ3v) is 3.09. The molecule has 1 aliphatic carbocycles. The van der Waals surface area contributed by atoms with Crippen molar-refractivity contribution in [2.75, 3.05) is 24.3 Å². The molecule has 1 aromatic rings. The van der Waals surface area contributed by atoms with Gasteiger partial charge in [-0.3, -0.25) is 0 Å². The quantitative estimate of drug-likeness (QED) is 0.804. The van der Waals surface area contributed by atoms with Crippen LogP contribution in [0, 0.1) is 5.41 Å². The Labute approximate surface area is 108 Å². The minimum absolute atomic E-state index is 0.330. The Balaban J connectivity index is 2.08. The number of hydrogen-bond acceptors (Lipinski definition) is 6. The number of anilines is 2. The van der Waals surface area contributed by atoms with Gasteiger partial charge in [-0.25, -0.2) is 0 Å². The first-order valence-corrected chi connectivity index (χ1v) is 6.38. The largest absolute Gasteiger partial charge is 0.463 e. The Bertz CT molecular complexity index is 421. The summed E-state index contributed by atoms with van der Waals surface area (Å²) in [5.74, 6) is 1.10. The summed E-state index contributed by atoms with van der Waals surface area (Å²) in [5, 5.41) is 6.23. The van der Waals surface area contributed by atoms with E-state index in [1.54, 1.807) is 7.05 Å². The van der Waals surface area contributed by atoms with Gasteiger partial charge in [0.15, 0.2) is 0 Å². The molecule has 0 aromatic carbocycles. The number of ether oxygens (including phenoxy) is 1. The van der Waals surface area contributed by atoms with E-state index in [1.807, 2.05) is 6.92 Å². The molecular weight excluding hydrogens is 230 g/mol. The van der Waals surface area contributed by atoms with Crippen LogP contribution in [-0.4, -0.2) is 34.6 Å². The van der Waals surface area contributed by atoms with Crippen LogP contribution in [0.1, 0.15) is 33.6 Å². The second-order valence-corrected chi connectivity index (χ2v) is 5.25. The number of rotatable bonds is 6. The van der Waals surface area contributed by atoms with Crippen LogP contribution in [0.5, 0.6) is 6.01 Å². The standard InChI is InChI=1S/C12H21N5O/c1-5-6-18-11-16-9(13-4)15-10(17-11)14-8-7-12(8,2)3/h8H,5-7H2,1-4H3,(H2,13,14,15,16,17). The van der Waals surface area contributed by atoms with Crippen molar-refractivity contribution in [3.63, 3.8) is 0 Å². The molecule has 1 fully saturated rings. The van der Waals surface area contributed by atoms with E-state index in [9.17, 15) is 0 Å². The van der Waals surface area contributed by atoms with Crippen molar-refractivity contribution in [2.24, 2.45) is 5.41 Å². The van der Waals surface area contributed by atoms with Crippen LogP contribution in [0.3, 0.4) is 0 Å². The molecule has 6 heteroatoms. The molecule has 0 spiro atoms. The fourth-order valence-electron chi connectivity index (χ4n) is 1.66. The van der Waals surface area contributed by atoms with E-state index in [0.29, 0.717) is 36.0 Å². The lowest BCUT2D eigenvalue weighted by atomic mass is 10.2. The molecule has 6 nitrogen and oxygen atoms in total. The minimum Gasteiger partial charge on any atom is -0.463 e. The summed E-state index contributed by atoms with van der Waals surface area (Å²) in [5.41, 5.74) is 0.330. The summed E-state index contributed by atoms with van der Waals surface area (Å²) in [4.78, 5) is 12.7. The van der Waals surface area contributed by atoms with Gasteiger partial charge in [0.2, 0.25) is 11.9 Å². The van der Waals surface area contributed by atoms with Crippen LogP contribution in [0.4, 0.5) is 11.9 Å². The molecule has 1 aliphatic rings. The zero-order valence-electron chi connectivity index (χ0n) is 11.4. The van der Waals surface area contributed by atoms with Crippen molar-refractivity contribution < 1.29 is 4.74 Å². The third-order valence-electron chi connectivity index (χ3n) is 3.09. The second-order valence-electron chi connectivity index (χ2n) is 5.25. The highest BCUT2D eigenvalue weighted by molar-refractivity contribution is 5.38. The molecule has 1 unspecified atom stereocenters. The molecule has 2 N–H and O–H groups in total. The van der Waals surface area contributed by atoms with Gasteiger partial charge in [-0.1, -0.05) is 20.8 Å². The summed E-state index contributed by atoms with van der Waals surface area (Å²) in [6, 6.07) is 0.806. The first-order chi connectivity index (χ1) is 8.55. The van der Waals surface area contributed by atoms with Gasteiger partial charge in [-0.05, 0) is 18.3 Å². The van der Waals surface area contributed by atoms with Gasteiger partial charge in [0.05, 0.1) is 6.61 Å². The summed E-state index contributed by atoms with van der Waals surface area (Å²) < 4.78 is 5.45. The summed E-state index contributed by atoms with van der Waals surface area (Å²) in [7, 11) is 1.78. The maximum absolute atomic E-state index is 5.45. The van der Waals surface area contributed by atoms with Crippen LogP contribution in [-0.2, 0) is 0 Å². The van der Waals surface area contributed by atoms with E-state index in [4.69, 9.17) is 4.74 Å². The lowest BCUT2D eigenvalue weighted by Gasteiger charge is -2.09. The Morgan fingerprint density at radius 3 is 2.50 bits per heavy atom. The van der Waals surface area contributed by atoms with Gasteiger partial charge < -0.3 is 15.4 Å². The third kappa shape index (κ3) is 3.00. The topological polar surface area (TPSA) is 72.0 Å². The molecule has 1 saturated carbocycles. The van der Waals surface area contributed by atoms with Gasteiger partial charge in [0.1, 0.15) is 0 Å². The predicted octanol–water partition coefficient (Wildman–Crippen LogP) is 1.91. The second kappa shape index (κ2) is 4.96. The van der Waals surface area contributed by atoms with E-state index < -0.39 is 0 Å². The molecule has 100 valence electrons. The molecule has 1 aromatic heterocycles. The van der Waals surface area contributed by atoms with Crippen molar-refractivity contribution in [1.82, 2.24) is 15.0 Å². The normalized spacial score (nSPS) is 20.3. The van der Waals surface area contributed by atoms with E-state index in [1.165, 1.54) is 0 Å². The van der Waals surface area contributed by atoms with E-state index >= 15 is 0 Å². The molecule has 0 amide bonds. The first-order valence-electron chi connectivity index (χ1n) is 6.38. The Hall–Kier alpha value is -1.59. The van der Waals surface area contributed by atoms with Crippen LogP contribution in [0.25, 0.3) is 0 Å². The number of nitrogens with zero attached hydrogens (tertiary/aromatic N) is 3. The lowest BCUT2D eigenvalue weighted by Crippen LogP contribution is -2.14. The van der Waals surface area contributed by atoms with E-state index in [-0.39, 0.29) is 0 Å². The molecule has 0 radical (unpaired) electrons. The maximum Gasteiger partial charge on any atom is 0.323 e. The van der Waals surface area contributed by atoms with Crippen LogP contribution in [0.15, 0.2) is 0 Å². The molecule has 2 rings (SSSR count). The van der Waals surface area contributed by atoms with E-state index in [0.717, 1.165) is 12.8 Å². The van der Waals surface area contributed by atoms with Crippen LogP contribution in [0.2, 0.25) is 0 Å². The van der Waals surface area contributed by atoms with Gasteiger partial charge in [-0.2, -0.15) is 15.0 Å². The molecular formula is C12H21N5O. The average Bonchev–Trinajstić information content (AvgIpc) is 2.93. The van der Waals surface area contributed by atoms with Crippen molar-refractivity contribution in [1.29, 1.82) is 0 Å². The molecule has 0 saturated heterocycles. The first kappa shape index (κ1) is 12.9. The van der Waals surface area contributed by atoms with Gasteiger partial charge in [0, 0.05) is 13.1 Å². The SMILES string of the molecule is CCCOc1nc(NC)nc(NC2CC2(C)C)n1. The van der Waals surface area contributed by atoms with Gasteiger partial charge >= 0.3 is 6.01 Å². The van der Waals surface area contributed by atoms with Crippen LogP contribution < -0.4 is 15.4 Å². The van der Waals surface area contributed by atoms with Crippen molar-refractivity contribution in [3.05, 3.63) is 0 Å². The molecule has 1 atom stereocenters. The summed E-state index contributed by atoms with van der Waals surface area (Å²) in [6.07, 6.45) is 2.07.